The number of esters is 2. The number of benzene rings is 1. The molecule has 1 aromatic carbocycles. The molecule has 0 fully saturated rings. The van der Waals surface area contributed by atoms with Gasteiger partial charge in [0.1, 0.15) is 11.4 Å². The Morgan fingerprint density at radius 1 is 1.19 bits per heavy atom. The number of aromatic nitrogens is 2. The molecule has 1 aliphatic heterocycles. The van der Waals surface area contributed by atoms with Gasteiger partial charge in [0.25, 0.3) is 5.56 Å². The normalized spacial score (nSPS) is 14.3. The standard InChI is InChI=1S/C20H24N2O5/c1-20(2,3)27-17(23)12-26-19(25)13-8-9-14-15(11-13)21-16-7-5-4-6-10-22(16)18(14)24/h8-9,11H,4-7,10,12H2,1-3H3. The van der Waals surface area contributed by atoms with Crippen LogP contribution in [0.15, 0.2) is 23.0 Å². The molecule has 1 aliphatic rings. The Kier molecular flexibility index (Phi) is 5.30. The van der Waals surface area contributed by atoms with Crippen LogP contribution in [0.4, 0.5) is 0 Å². The van der Waals surface area contributed by atoms with Gasteiger partial charge in [-0.25, -0.2) is 14.6 Å². The zero-order valence-electron chi connectivity index (χ0n) is 15.9. The molecule has 0 saturated carbocycles. The monoisotopic (exact) mass is 372 g/mol. The largest absolute Gasteiger partial charge is 0.457 e. The minimum Gasteiger partial charge on any atom is -0.457 e. The number of carbonyl (C=O) groups excluding carboxylic acids is 2. The van der Waals surface area contributed by atoms with Gasteiger partial charge in [0.2, 0.25) is 0 Å². The maximum atomic E-state index is 12.7. The molecule has 144 valence electrons. The van der Waals surface area contributed by atoms with Crippen molar-refractivity contribution in [2.75, 3.05) is 6.61 Å². The highest BCUT2D eigenvalue weighted by Gasteiger charge is 2.19. The van der Waals surface area contributed by atoms with Gasteiger partial charge in [-0.2, -0.15) is 0 Å². The molecule has 0 aliphatic carbocycles. The molecule has 2 heterocycles. The van der Waals surface area contributed by atoms with E-state index in [1.807, 2.05) is 0 Å². The highest BCUT2D eigenvalue weighted by Crippen LogP contribution is 2.17. The molecular formula is C20H24N2O5. The Bertz CT molecular complexity index is 940. The molecule has 3 rings (SSSR count). The molecule has 0 spiro atoms. The second kappa shape index (κ2) is 7.50. The lowest BCUT2D eigenvalue weighted by atomic mass is 10.1. The fourth-order valence-electron chi connectivity index (χ4n) is 3.12. The molecular weight excluding hydrogens is 348 g/mol. The number of fused-ring (bicyclic) bond motifs is 2. The first-order chi connectivity index (χ1) is 12.7. The molecule has 0 bridgehead atoms. The van der Waals surface area contributed by atoms with E-state index in [0.717, 1.165) is 31.5 Å². The molecule has 0 radical (unpaired) electrons. The average Bonchev–Trinajstić information content (AvgIpc) is 2.83. The number of hydrogen-bond donors (Lipinski definition) is 0. The van der Waals surface area contributed by atoms with E-state index in [4.69, 9.17) is 9.47 Å². The molecule has 7 heteroatoms. The third kappa shape index (κ3) is 4.53. The van der Waals surface area contributed by atoms with Gasteiger partial charge in [0.15, 0.2) is 6.61 Å². The number of hydrogen-bond acceptors (Lipinski definition) is 6. The van der Waals surface area contributed by atoms with Crippen molar-refractivity contribution >= 4 is 22.8 Å². The van der Waals surface area contributed by atoms with Crippen LogP contribution in [-0.4, -0.2) is 33.7 Å². The molecule has 0 unspecified atom stereocenters. The fraction of sp³-hybridized carbons (Fsp3) is 0.500. The van der Waals surface area contributed by atoms with Crippen molar-refractivity contribution in [3.8, 4) is 0 Å². The van der Waals surface area contributed by atoms with Crippen molar-refractivity contribution < 1.29 is 19.1 Å². The molecule has 7 nitrogen and oxygen atoms in total. The predicted octanol–water partition coefficient (Wildman–Crippen LogP) is 2.62. The van der Waals surface area contributed by atoms with Gasteiger partial charge >= 0.3 is 11.9 Å². The molecule has 0 N–H and O–H groups in total. The lowest BCUT2D eigenvalue weighted by molar-refractivity contribution is -0.158. The van der Waals surface area contributed by atoms with E-state index in [-0.39, 0.29) is 11.1 Å². The van der Waals surface area contributed by atoms with E-state index < -0.39 is 24.1 Å². The van der Waals surface area contributed by atoms with Crippen molar-refractivity contribution in [3.05, 3.63) is 39.9 Å². The van der Waals surface area contributed by atoms with Gasteiger partial charge in [-0.15, -0.1) is 0 Å². The third-order valence-corrected chi connectivity index (χ3v) is 4.29. The molecule has 0 atom stereocenters. The highest BCUT2D eigenvalue weighted by atomic mass is 16.6. The molecule has 0 saturated heterocycles. The summed E-state index contributed by atoms with van der Waals surface area (Å²) < 4.78 is 11.9. The summed E-state index contributed by atoms with van der Waals surface area (Å²) in [7, 11) is 0. The first-order valence-electron chi connectivity index (χ1n) is 9.17. The van der Waals surface area contributed by atoms with Gasteiger partial charge in [-0.1, -0.05) is 6.42 Å². The van der Waals surface area contributed by atoms with E-state index in [0.29, 0.717) is 17.4 Å². The topological polar surface area (TPSA) is 87.5 Å². The first kappa shape index (κ1) is 19.1. The number of aryl methyl sites for hydroxylation is 1. The highest BCUT2D eigenvalue weighted by molar-refractivity contribution is 5.94. The minimum absolute atomic E-state index is 0.0782. The Labute approximate surface area is 157 Å². The van der Waals surface area contributed by atoms with E-state index in [1.165, 1.54) is 6.07 Å². The Balaban J connectivity index is 1.81. The summed E-state index contributed by atoms with van der Waals surface area (Å²) in [6.07, 6.45) is 3.78. The Morgan fingerprint density at radius 2 is 1.96 bits per heavy atom. The summed E-state index contributed by atoms with van der Waals surface area (Å²) >= 11 is 0. The van der Waals surface area contributed by atoms with Gasteiger partial charge in [-0.3, -0.25) is 9.36 Å². The van der Waals surface area contributed by atoms with Crippen LogP contribution in [0.1, 0.15) is 56.2 Å². The van der Waals surface area contributed by atoms with Crippen molar-refractivity contribution in [1.82, 2.24) is 9.55 Å². The Morgan fingerprint density at radius 3 is 2.70 bits per heavy atom. The molecule has 2 aromatic rings. The lowest BCUT2D eigenvalue weighted by Crippen LogP contribution is -2.27. The third-order valence-electron chi connectivity index (χ3n) is 4.29. The van der Waals surface area contributed by atoms with Crippen LogP contribution in [0.5, 0.6) is 0 Å². The van der Waals surface area contributed by atoms with E-state index in [1.54, 1.807) is 37.5 Å². The minimum atomic E-state index is -0.653. The number of nitrogens with zero attached hydrogens (tertiary/aromatic N) is 2. The van der Waals surface area contributed by atoms with Gasteiger partial charge in [0.05, 0.1) is 16.5 Å². The van der Waals surface area contributed by atoms with Gasteiger partial charge in [0, 0.05) is 13.0 Å². The fourth-order valence-corrected chi connectivity index (χ4v) is 3.12. The van der Waals surface area contributed by atoms with E-state index >= 15 is 0 Å². The lowest BCUT2D eigenvalue weighted by Gasteiger charge is -2.19. The Hall–Kier alpha value is -2.70. The van der Waals surface area contributed by atoms with Crippen LogP contribution in [-0.2, 0) is 27.2 Å². The van der Waals surface area contributed by atoms with Crippen molar-refractivity contribution in [3.63, 3.8) is 0 Å². The second-order valence-corrected chi connectivity index (χ2v) is 7.69. The smallest absolute Gasteiger partial charge is 0.344 e. The van der Waals surface area contributed by atoms with Crippen LogP contribution < -0.4 is 5.56 Å². The number of carbonyl (C=O) groups is 2. The van der Waals surface area contributed by atoms with Crippen molar-refractivity contribution in [1.29, 1.82) is 0 Å². The number of ether oxygens (including phenoxy) is 2. The number of rotatable bonds is 3. The summed E-state index contributed by atoms with van der Waals surface area (Å²) in [4.78, 5) is 41.2. The zero-order valence-corrected chi connectivity index (χ0v) is 15.9. The zero-order chi connectivity index (χ0) is 19.6. The molecule has 1 aromatic heterocycles. The maximum absolute atomic E-state index is 12.7. The molecule has 0 amide bonds. The SMILES string of the molecule is CC(C)(C)OC(=O)COC(=O)c1ccc2c(=O)n3c(nc2c1)CCCCC3. The summed E-state index contributed by atoms with van der Waals surface area (Å²) in [5, 5.41) is 0.476. The van der Waals surface area contributed by atoms with Gasteiger partial charge < -0.3 is 9.47 Å². The van der Waals surface area contributed by atoms with Crippen LogP contribution in [0.25, 0.3) is 10.9 Å². The van der Waals surface area contributed by atoms with Crippen molar-refractivity contribution in [2.45, 2.75) is 58.6 Å². The van der Waals surface area contributed by atoms with Crippen LogP contribution in [0.3, 0.4) is 0 Å². The maximum Gasteiger partial charge on any atom is 0.344 e. The summed E-state index contributed by atoms with van der Waals surface area (Å²) in [6.45, 7) is 5.43. The van der Waals surface area contributed by atoms with Crippen LogP contribution in [0.2, 0.25) is 0 Å². The first-order valence-corrected chi connectivity index (χ1v) is 9.17. The van der Waals surface area contributed by atoms with Crippen LogP contribution >= 0.6 is 0 Å². The molecule has 27 heavy (non-hydrogen) atoms. The average molecular weight is 372 g/mol. The predicted molar refractivity (Wildman–Crippen MR) is 99.7 cm³/mol. The van der Waals surface area contributed by atoms with Crippen molar-refractivity contribution in [2.24, 2.45) is 0 Å². The summed E-state index contributed by atoms with van der Waals surface area (Å²) in [5.41, 5.74) is -0.00179. The summed E-state index contributed by atoms with van der Waals surface area (Å²) in [5.74, 6) is -0.512. The van der Waals surface area contributed by atoms with Crippen LogP contribution in [0, 0.1) is 0 Å². The van der Waals surface area contributed by atoms with E-state index in [2.05, 4.69) is 4.98 Å². The second-order valence-electron chi connectivity index (χ2n) is 7.69. The summed E-state index contributed by atoms with van der Waals surface area (Å²) in [6, 6.07) is 4.65. The van der Waals surface area contributed by atoms with Gasteiger partial charge in [-0.05, 0) is 51.8 Å². The van der Waals surface area contributed by atoms with E-state index in [9.17, 15) is 14.4 Å². The quantitative estimate of drug-likeness (QED) is 0.770.